The second-order valence-electron chi connectivity index (χ2n) is 6.65. The molecule has 2 aliphatic heterocycles. The summed E-state index contributed by atoms with van der Waals surface area (Å²) in [4.78, 5) is 2.64. The highest BCUT2D eigenvalue weighted by Crippen LogP contribution is 2.41. The third-order valence-corrected chi connectivity index (χ3v) is 4.10. The van der Waals surface area contributed by atoms with Crippen molar-refractivity contribution in [2.75, 3.05) is 7.05 Å². The molecule has 1 heteroatoms. The van der Waals surface area contributed by atoms with Crippen LogP contribution in [0.2, 0.25) is 0 Å². The average Bonchev–Trinajstić information content (AvgIpc) is 2.32. The number of hydrogen-bond donors (Lipinski definition) is 0. The van der Waals surface area contributed by atoms with E-state index in [1.54, 1.807) is 0 Å². The normalized spacial score (nSPS) is 39.0. The minimum absolute atomic E-state index is 0.528. The van der Waals surface area contributed by atoms with E-state index in [9.17, 15) is 0 Å². The minimum atomic E-state index is 0.528. The molecule has 2 rings (SSSR count). The Kier molecular flexibility index (Phi) is 2.63. The van der Waals surface area contributed by atoms with Gasteiger partial charge in [-0.2, -0.15) is 0 Å². The summed E-state index contributed by atoms with van der Waals surface area (Å²) in [6, 6.07) is 1.84. The summed E-state index contributed by atoms with van der Waals surface area (Å²) in [5.74, 6) is 1.00. The maximum absolute atomic E-state index is 2.64. The molecule has 1 nitrogen and oxygen atoms in total. The molecule has 0 N–H and O–H groups in total. The van der Waals surface area contributed by atoms with Gasteiger partial charge in [-0.05, 0) is 50.5 Å². The van der Waals surface area contributed by atoms with Gasteiger partial charge in [0.2, 0.25) is 0 Å². The summed E-state index contributed by atoms with van der Waals surface area (Å²) in [6.45, 7) is 7.15. The second kappa shape index (κ2) is 3.52. The van der Waals surface area contributed by atoms with E-state index >= 15 is 0 Å². The van der Waals surface area contributed by atoms with Gasteiger partial charge in [0, 0.05) is 12.1 Å². The lowest BCUT2D eigenvalue weighted by Crippen LogP contribution is -2.40. The monoisotopic (exact) mass is 195 g/mol. The van der Waals surface area contributed by atoms with Crippen LogP contribution in [0.4, 0.5) is 0 Å². The molecule has 0 spiro atoms. The van der Waals surface area contributed by atoms with E-state index in [1.807, 2.05) is 0 Å². The van der Waals surface area contributed by atoms with E-state index in [0.717, 1.165) is 18.0 Å². The smallest absolute Gasteiger partial charge is 0.00983 e. The fraction of sp³-hybridized carbons (Fsp3) is 1.00. The summed E-state index contributed by atoms with van der Waals surface area (Å²) in [7, 11) is 2.33. The van der Waals surface area contributed by atoms with E-state index in [0.29, 0.717) is 5.41 Å². The third kappa shape index (κ3) is 2.13. The van der Waals surface area contributed by atoms with Crippen LogP contribution in [0.5, 0.6) is 0 Å². The maximum Gasteiger partial charge on any atom is 0.00983 e. The van der Waals surface area contributed by atoms with Crippen molar-refractivity contribution in [3.05, 3.63) is 0 Å². The SMILES string of the molecule is CN1C2CCC1CC(CC(C)(C)C)C2. The van der Waals surface area contributed by atoms with Crippen LogP contribution >= 0.6 is 0 Å². The molecular weight excluding hydrogens is 170 g/mol. The van der Waals surface area contributed by atoms with Gasteiger partial charge < -0.3 is 4.90 Å². The lowest BCUT2D eigenvalue weighted by atomic mass is 9.78. The van der Waals surface area contributed by atoms with Crippen molar-refractivity contribution >= 4 is 0 Å². The molecule has 0 aromatic heterocycles. The first-order valence-electron chi connectivity index (χ1n) is 6.17. The Balaban J connectivity index is 1.93. The van der Waals surface area contributed by atoms with Crippen LogP contribution in [0.25, 0.3) is 0 Å². The summed E-state index contributed by atoms with van der Waals surface area (Å²) >= 11 is 0. The van der Waals surface area contributed by atoms with E-state index in [2.05, 4.69) is 32.7 Å². The molecule has 2 bridgehead atoms. The summed E-state index contributed by atoms with van der Waals surface area (Å²) in [5, 5.41) is 0. The lowest BCUT2D eigenvalue weighted by molar-refractivity contribution is 0.109. The van der Waals surface area contributed by atoms with Crippen molar-refractivity contribution in [2.45, 2.75) is 65.0 Å². The first kappa shape index (κ1) is 10.5. The van der Waals surface area contributed by atoms with Crippen molar-refractivity contribution in [1.29, 1.82) is 0 Å². The van der Waals surface area contributed by atoms with Gasteiger partial charge >= 0.3 is 0 Å². The minimum Gasteiger partial charge on any atom is -0.300 e. The fourth-order valence-corrected chi connectivity index (χ4v) is 3.56. The number of rotatable bonds is 1. The zero-order valence-corrected chi connectivity index (χ0v) is 10.2. The van der Waals surface area contributed by atoms with Crippen LogP contribution in [0, 0.1) is 11.3 Å². The molecule has 82 valence electrons. The second-order valence-corrected chi connectivity index (χ2v) is 6.65. The molecule has 0 aromatic carbocycles. The molecule has 2 unspecified atom stereocenters. The van der Waals surface area contributed by atoms with E-state index < -0.39 is 0 Å². The van der Waals surface area contributed by atoms with Gasteiger partial charge in [-0.15, -0.1) is 0 Å². The first-order valence-corrected chi connectivity index (χ1v) is 6.17. The number of nitrogens with zero attached hydrogens (tertiary/aromatic N) is 1. The van der Waals surface area contributed by atoms with Crippen LogP contribution in [-0.2, 0) is 0 Å². The molecule has 0 aliphatic carbocycles. The zero-order valence-electron chi connectivity index (χ0n) is 10.2. The van der Waals surface area contributed by atoms with Gasteiger partial charge in [-0.1, -0.05) is 20.8 Å². The van der Waals surface area contributed by atoms with Crippen LogP contribution in [-0.4, -0.2) is 24.0 Å². The van der Waals surface area contributed by atoms with Crippen LogP contribution in [0.1, 0.15) is 52.9 Å². The fourth-order valence-electron chi connectivity index (χ4n) is 3.56. The topological polar surface area (TPSA) is 3.24 Å². The molecule has 2 heterocycles. The number of fused-ring (bicyclic) bond motifs is 2. The predicted molar refractivity (Wildman–Crippen MR) is 61.4 cm³/mol. The summed E-state index contributed by atoms with van der Waals surface area (Å²) in [5.41, 5.74) is 0.528. The Labute approximate surface area is 88.9 Å². The average molecular weight is 195 g/mol. The summed E-state index contributed by atoms with van der Waals surface area (Å²) in [6.07, 6.45) is 7.27. The number of hydrogen-bond acceptors (Lipinski definition) is 1. The van der Waals surface area contributed by atoms with Crippen molar-refractivity contribution in [2.24, 2.45) is 11.3 Å². The van der Waals surface area contributed by atoms with Gasteiger partial charge in [0.05, 0.1) is 0 Å². The molecule has 2 fully saturated rings. The quantitative estimate of drug-likeness (QED) is 0.620. The van der Waals surface area contributed by atoms with Crippen molar-refractivity contribution in [3.63, 3.8) is 0 Å². The molecule has 2 aliphatic rings. The van der Waals surface area contributed by atoms with Gasteiger partial charge in [0.1, 0.15) is 0 Å². The Morgan fingerprint density at radius 1 is 1.07 bits per heavy atom. The van der Waals surface area contributed by atoms with E-state index in [4.69, 9.17) is 0 Å². The summed E-state index contributed by atoms with van der Waals surface area (Å²) < 4.78 is 0. The van der Waals surface area contributed by atoms with Crippen molar-refractivity contribution in [3.8, 4) is 0 Å². The van der Waals surface area contributed by atoms with E-state index in [-0.39, 0.29) is 0 Å². The van der Waals surface area contributed by atoms with Crippen LogP contribution < -0.4 is 0 Å². The van der Waals surface area contributed by atoms with E-state index in [1.165, 1.54) is 32.1 Å². The van der Waals surface area contributed by atoms with Gasteiger partial charge in [0.15, 0.2) is 0 Å². The Morgan fingerprint density at radius 3 is 2.00 bits per heavy atom. The predicted octanol–water partition coefficient (Wildman–Crippen LogP) is 3.30. The van der Waals surface area contributed by atoms with Gasteiger partial charge in [0.25, 0.3) is 0 Å². The molecule has 14 heavy (non-hydrogen) atoms. The van der Waals surface area contributed by atoms with Crippen molar-refractivity contribution in [1.82, 2.24) is 4.90 Å². The molecule has 0 amide bonds. The highest BCUT2D eigenvalue weighted by Gasteiger charge is 2.39. The Morgan fingerprint density at radius 2 is 1.57 bits per heavy atom. The molecule has 0 radical (unpaired) electrons. The zero-order chi connectivity index (χ0) is 10.3. The molecule has 0 aromatic rings. The lowest BCUT2D eigenvalue weighted by Gasteiger charge is -2.38. The Bertz CT molecular complexity index is 190. The van der Waals surface area contributed by atoms with Gasteiger partial charge in [-0.25, -0.2) is 0 Å². The van der Waals surface area contributed by atoms with Gasteiger partial charge in [-0.3, -0.25) is 0 Å². The molecule has 0 saturated carbocycles. The Hall–Kier alpha value is -0.0400. The highest BCUT2D eigenvalue weighted by atomic mass is 15.2. The third-order valence-electron chi connectivity index (χ3n) is 4.10. The maximum atomic E-state index is 2.64. The first-order chi connectivity index (χ1) is 6.46. The highest BCUT2D eigenvalue weighted by molar-refractivity contribution is 4.94. The standard InChI is InChI=1S/C13H25N/c1-13(2,3)9-10-7-11-5-6-12(8-10)14(11)4/h10-12H,5-9H2,1-4H3. The molecular formula is C13H25N. The van der Waals surface area contributed by atoms with Crippen molar-refractivity contribution < 1.29 is 0 Å². The van der Waals surface area contributed by atoms with Crippen LogP contribution in [0.3, 0.4) is 0 Å². The molecule has 2 saturated heterocycles. The largest absolute Gasteiger partial charge is 0.300 e. The molecule has 2 atom stereocenters. The van der Waals surface area contributed by atoms with Crippen LogP contribution in [0.15, 0.2) is 0 Å². The number of piperidine rings is 1.